The van der Waals surface area contributed by atoms with Crippen LogP contribution in [0, 0.1) is 0 Å². The predicted molar refractivity (Wildman–Crippen MR) is 62.5 cm³/mol. The van der Waals surface area contributed by atoms with Gasteiger partial charge in [-0.25, -0.2) is 0 Å². The molecule has 0 N–H and O–H groups in total. The van der Waals surface area contributed by atoms with Crippen molar-refractivity contribution in [3.63, 3.8) is 0 Å². The van der Waals surface area contributed by atoms with Crippen LogP contribution >= 0.6 is 0 Å². The van der Waals surface area contributed by atoms with Gasteiger partial charge < -0.3 is 14.4 Å². The van der Waals surface area contributed by atoms with E-state index in [4.69, 9.17) is 9.47 Å². The number of ether oxygens (including phenoxy) is 2. The Hall–Kier alpha value is -1.10. The summed E-state index contributed by atoms with van der Waals surface area (Å²) in [4.78, 5) is 24.8. The van der Waals surface area contributed by atoms with Crippen LogP contribution in [0.5, 0.6) is 0 Å². The van der Waals surface area contributed by atoms with Crippen LogP contribution in [0.3, 0.4) is 0 Å². The predicted octanol–water partition coefficient (Wildman–Crippen LogP) is 0.967. The topological polar surface area (TPSA) is 55.8 Å². The summed E-state index contributed by atoms with van der Waals surface area (Å²) in [5.41, 5.74) is -0.705. The Labute approximate surface area is 102 Å². The fraction of sp³-hybridized carbons (Fsp3) is 0.833. The van der Waals surface area contributed by atoms with E-state index < -0.39 is 5.60 Å². The van der Waals surface area contributed by atoms with Crippen LogP contribution in [0.15, 0.2) is 0 Å². The van der Waals surface area contributed by atoms with Crippen LogP contribution in [0.2, 0.25) is 0 Å². The standard InChI is InChI=1S/C12H21NO4/c1-4-16-10(14)6-8-13(3)11(15)12(2)7-5-9-17-12/h4-9H2,1-3H3. The van der Waals surface area contributed by atoms with Crippen LogP contribution in [0.25, 0.3) is 0 Å². The summed E-state index contributed by atoms with van der Waals surface area (Å²) < 4.78 is 10.3. The monoisotopic (exact) mass is 243 g/mol. The molecule has 1 saturated heterocycles. The average molecular weight is 243 g/mol. The van der Waals surface area contributed by atoms with Gasteiger partial charge in [0, 0.05) is 20.2 Å². The van der Waals surface area contributed by atoms with Crippen molar-refractivity contribution in [1.29, 1.82) is 0 Å². The highest BCUT2D eigenvalue weighted by molar-refractivity contribution is 5.85. The molecule has 0 radical (unpaired) electrons. The Morgan fingerprint density at radius 3 is 2.71 bits per heavy atom. The van der Waals surface area contributed by atoms with Gasteiger partial charge in [-0.05, 0) is 26.7 Å². The van der Waals surface area contributed by atoms with Crippen molar-refractivity contribution in [2.24, 2.45) is 0 Å². The summed E-state index contributed by atoms with van der Waals surface area (Å²) in [6, 6.07) is 0. The molecule has 1 aliphatic rings. The third-order valence-corrected chi connectivity index (χ3v) is 2.97. The van der Waals surface area contributed by atoms with E-state index in [0.29, 0.717) is 19.8 Å². The molecule has 0 aliphatic carbocycles. The van der Waals surface area contributed by atoms with E-state index in [9.17, 15) is 9.59 Å². The molecule has 17 heavy (non-hydrogen) atoms. The van der Waals surface area contributed by atoms with Crippen LogP contribution in [0.4, 0.5) is 0 Å². The Balaban J connectivity index is 2.39. The Morgan fingerprint density at radius 2 is 2.18 bits per heavy atom. The summed E-state index contributed by atoms with van der Waals surface area (Å²) in [6.45, 7) is 4.95. The zero-order valence-electron chi connectivity index (χ0n) is 10.8. The van der Waals surface area contributed by atoms with Gasteiger partial charge in [0.05, 0.1) is 13.0 Å². The molecule has 0 spiro atoms. The Kier molecular flexibility index (Phi) is 4.93. The van der Waals surface area contributed by atoms with Gasteiger partial charge in [0.1, 0.15) is 5.60 Å². The van der Waals surface area contributed by atoms with Crippen molar-refractivity contribution in [3.05, 3.63) is 0 Å². The second kappa shape index (κ2) is 6.00. The molecule has 1 rings (SSSR count). The Morgan fingerprint density at radius 1 is 1.47 bits per heavy atom. The minimum Gasteiger partial charge on any atom is -0.466 e. The smallest absolute Gasteiger partial charge is 0.307 e. The molecule has 0 aromatic carbocycles. The second-order valence-corrected chi connectivity index (χ2v) is 4.46. The first kappa shape index (κ1) is 14.0. The zero-order chi connectivity index (χ0) is 12.9. The van der Waals surface area contributed by atoms with Gasteiger partial charge in [-0.3, -0.25) is 9.59 Å². The van der Waals surface area contributed by atoms with E-state index >= 15 is 0 Å². The highest BCUT2D eigenvalue weighted by atomic mass is 16.5. The summed E-state index contributed by atoms with van der Waals surface area (Å²) in [6.07, 6.45) is 1.88. The number of hydrogen-bond acceptors (Lipinski definition) is 4. The number of carbonyl (C=O) groups is 2. The van der Waals surface area contributed by atoms with E-state index in [2.05, 4.69) is 0 Å². The van der Waals surface area contributed by atoms with Crippen molar-refractivity contribution in [1.82, 2.24) is 4.90 Å². The molecule has 5 nitrogen and oxygen atoms in total. The molecule has 1 atom stereocenters. The lowest BCUT2D eigenvalue weighted by atomic mass is 10.0. The first-order valence-corrected chi connectivity index (χ1v) is 6.05. The maximum atomic E-state index is 12.1. The largest absolute Gasteiger partial charge is 0.466 e. The van der Waals surface area contributed by atoms with E-state index in [-0.39, 0.29) is 18.3 Å². The number of rotatable bonds is 5. The molecule has 0 saturated carbocycles. The van der Waals surface area contributed by atoms with Gasteiger partial charge in [0.15, 0.2) is 0 Å². The lowest BCUT2D eigenvalue weighted by Crippen LogP contribution is -2.45. The number of amides is 1. The first-order valence-electron chi connectivity index (χ1n) is 6.05. The van der Waals surface area contributed by atoms with Crippen molar-refractivity contribution in [2.45, 2.75) is 38.7 Å². The van der Waals surface area contributed by atoms with E-state index in [0.717, 1.165) is 12.8 Å². The third-order valence-electron chi connectivity index (χ3n) is 2.97. The van der Waals surface area contributed by atoms with Crippen molar-refractivity contribution < 1.29 is 19.1 Å². The average Bonchev–Trinajstić information content (AvgIpc) is 2.73. The molecule has 0 bridgehead atoms. The maximum absolute atomic E-state index is 12.1. The van der Waals surface area contributed by atoms with E-state index in [1.165, 1.54) is 0 Å². The molecule has 5 heteroatoms. The van der Waals surface area contributed by atoms with E-state index in [1.807, 2.05) is 6.92 Å². The fourth-order valence-corrected chi connectivity index (χ4v) is 1.95. The molecule has 1 fully saturated rings. The highest BCUT2D eigenvalue weighted by Gasteiger charge is 2.39. The minimum atomic E-state index is -0.705. The van der Waals surface area contributed by atoms with Crippen molar-refractivity contribution in [3.8, 4) is 0 Å². The molecule has 98 valence electrons. The van der Waals surface area contributed by atoms with Gasteiger partial charge in [-0.2, -0.15) is 0 Å². The lowest BCUT2D eigenvalue weighted by Gasteiger charge is -2.28. The summed E-state index contributed by atoms with van der Waals surface area (Å²) >= 11 is 0. The summed E-state index contributed by atoms with van der Waals surface area (Å²) in [5, 5.41) is 0. The van der Waals surface area contributed by atoms with Crippen LogP contribution < -0.4 is 0 Å². The van der Waals surface area contributed by atoms with Gasteiger partial charge in [-0.15, -0.1) is 0 Å². The number of carbonyl (C=O) groups excluding carboxylic acids is 2. The second-order valence-electron chi connectivity index (χ2n) is 4.46. The van der Waals surface area contributed by atoms with E-state index in [1.54, 1.807) is 18.9 Å². The number of esters is 1. The molecule has 1 aliphatic heterocycles. The molecular formula is C12H21NO4. The third kappa shape index (κ3) is 3.70. The molecule has 0 aromatic rings. The lowest BCUT2D eigenvalue weighted by molar-refractivity contribution is -0.151. The molecule has 1 unspecified atom stereocenters. The SMILES string of the molecule is CCOC(=O)CCN(C)C(=O)C1(C)CCCO1. The quantitative estimate of drug-likeness (QED) is 0.675. The van der Waals surface area contributed by atoms with Gasteiger partial charge >= 0.3 is 5.97 Å². The van der Waals surface area contributed by atoms with Crippen molar-refractivity contribution in [2.75, 3.05) is 26.8 Å². The minimum absolute atomic E-state index is 0.0562. The zero-order valence-corrected chi connectivity index (χ0v) is 10.8. The molecule has 1 heterocycles. The molecule has 0 aromatic heterocycles. The maximum Gasteiger partial charge on any atom is 0.307 e. The van der Waals surface area contributed by atoms with Gasteiger partial charge in [0.25, 0.3) is 5.91 Å². The van der Waals surface area contributed by atoms with Gasteiger partial charge in [0.2, 0.25) is 0 Å². The summed E-state index contributed by atoms with van der Waals surface area (Å²) in [7, 11) is 1.69. The van der Waals surface area contributed by atoms with Gasteiger partial charge in [-0.1, -0.05) is 0 Å². The van der Waals surface area contributed by atoms with Crippen LogP contribution in [-0.2, 0) is 19.1 Å². The number of nitrogens with zero attached hydrogens (tertiary/aromatic N) is 1. The number of hydrogen-bond donors (Lipinski definition) is 0. The summed E-state index contributed by atoms with van der Waals surface area (Å²) in [5.74, 6) is -0.330. The van der Waals surface area contributed by atoms with Crippen LogP contribution in [0.1, 0.15) is 33.1 Å². The first-order chi connectivity index (χ1) is 7.99. The highest BCUT2D eigenvalue weighted by Crippen LogP contribution is 2.26. The normalized spacial score (nSPS) is 23.5. The molecule has 1 amide bonds. The molecular weight excluding hydrogens is 222 g/mol. The number of likely N-dealkylation sites (N-methyl/N-ethyl adjacent to an activating group) is 1. The van der Waals surface area contributed by atoms with Crippen LogP contribution in [-0.4, -0.2) is 49.2 Å². The fourth-order valence-electron chi connectivity index (χ4n) is 1.95. The van der Waals surface area contributed by atoms with Crippen molar-refractivity contribution >= 4 is 11.9 Å². The Bertz CT molecular complexity index is 284.